The van der Waals surface area contributed by atoms with Gasteiger partial charge in [-0.1, -0.05) is 12.1 Å². The van der Waals surface area contributed by atoms with Gasteiger partial charge in [-0.15, -0.1) is 0 Å². The lowest BCUT2D eigenvalue weighted by Crippen LogP contribution is -2.26. The molecule has 2 aliphatic rings. The molecule has 0 radical (unpaired) electrons. The predicted octanol–water partition coefficient (Wildman–Crippen LogP) is 4.79. The Morgan fingerprint density at radius 1 is 1.11 bits per heavy atom. The fourth-order valence-electron chi connectivity index (χ4n) is 5.57. The molecule has 0 bridgehead atoms. The number of aromatic nitrogens is 5. The molecule has 1 saturated heterocycles. The van der Waals surface area contributed by atoms with Crippen LogP contribution in [0.4, 0.5) is 10.2 Å². The lowest BCUT2D eigenvalue weighted by Gasteiger charge is -2.29. The number of nitrogens with one attached hydrogen (secondary N) is 1. The number of halogens is 1. The molecule has 1 saturated carbocycles. The summed E-state index contributed by atoms with van der Waals surface area (Å²) in [5.41, 5.74) is 2.61. The van der Waals surface area contributed by atoms with Gasteiger partial charge in [-0.3, -0.25) is 9.36 Å². The summed E-state index contributed by atoms with van der Waals surface area (Å²) in [6.07, 6.45) is 9.35. The molecule has 1 unspecified atom stereocenters. The fourth-order valence-corrected chi connectivity index (χ4v) is 7.28. The van der Waals surface area contributed by atoms with E-state index >= 15 is 0 Å². The van der Waals surface area contributed by atoms with Crippen molar-refractivity contribution in [2.45, 2.75) is 57.2 Å². The van der Waals surface area contributed by atoms with Crippen LogP contribution < -0.4 is 10.1 Å². The van der Waals surface area contributed by atoms with Crippen LogP contribution in [0.3, 0.4) is 0 Å². The highest BCUT2D eigenvalue weighted by Gasteiger charge is 2.31. The predicted molar refractivity (Wildman–Crippen MR) is 144 cm³/mol. The Hall–Kier alpha value is -3.47. The van der Waals surface area contributed by atoms with Gasteiger partial charge in [0.05, 0.1) is 41.4 Å². The molecule has 0 amide bonds. The standard InChI is InChI=1S/C27H31FN6O3S/c1-2-29-26-13-24-22(15-30-26)27(18-14-31-33(16-18)20-11-12-38(35,36)17-20)32-34(24)19-7-9-21(10-8-19)37-25-6-4-3-5-23(25)28/h3-6,13-16,19-21H,2,7-12,17H2,1H3,(H,29,30). The minimum atomic E-state index is -3.01. The zero-order valence-corrected chi connectivity index (χ0v) is 22.1. The van der Waals surface area contributed by atoms with Gasteiger partial charge in [0.15, 0.2) is 21.4 Å². The van der Waals surface area contributed by atoms with Crippen molar-refractivity contribution in [2.24, 2.45) is 0 Å². The second-order valence-corrected chi connectivity index (χ2v) is 12.4. The Bertz CT molecular complexity index is 1560. The lowest BCUT2D eigenvalue weighted by atomic mass is 9.93. The van der Waals surface area contributed by atoms with Crippen LogP contribution in [-0.2, 0) is 9.84 Å². The average Bonchev–Trinajstić information content (AvgIpc) is 3.63. The van der Waals surface area contributed by atoms with E-state index in [-0.39, 0.29) is 35.5 Å². The number of nitrogens with zero attached hydrogens (tertiary/aromatic N) is 5. The van der Waals surface area contributed by atoms with E-state index in [0.717, 1.165) is 60.2 Å². The Balaban J connectivity index is 1.28. The number of hydrogen-bond donors (Lipinski definition) is 1. The first-order chi connectivity index (χ1) is 18.4. The number of para-hydroxylation sites is 1. The number of benzene rings is 1. The molecule has 1 N–H and O–H groups in total. The largest absolute Gasteiger partial charge is 0.487 e. The SMILES string of the molecule is CCNc1cc2c(cn1)c(-c1cnn(C3CCS(=O)(=O)C3)c1)nn2C1CCC(Oc2ccccc2F)CC1. The number of sulfone groups is 1. The van der Waals surface area contributed by atoms with Gasteiger partial charge in [-0.2, -0.15) is 10.2 Å². The van der Waals surface area contributed by atoms with Crippen LogP contribution in [0.2, 0.25) is 0 Å². The number of hydrogen-bond acceptors (Lipinski definition) is 7. The number of rotatable bonds is 7. The third-order valence-electron chi connectivity index (χ3n) is 7.53. The number of anilines is 1. The van der Waals surface area contributed by atoms with Gasteiger partial charge in [0.25, 0.3) is 0 Å². The third-order valence-corrected chi connectivity index (χ3v) is 9.28. The summed E-state index contributed by atoms with van der Waals surface area (Å²) < 4.78 is 47.8. The highest BCUT2D eigenvalue weighted by Crippen LogP contribution is 2.37. The van der Waals surface area contributed by atoms with E-state index in [1.54, 1.807) is 29.1 Å². The molecule has 38 heavy (non-hydrogen) atoms. The van der Waals surface area contributed by atoms with Crippen molar-refractivity contribution in [3.05, 3.63) is 54.7 Å². The highest BCUT2D eigenvalue weighted by atomic mass is 32.2. The van der Waals surface area contributed by atoms with Gasteiger partial charge in [-0.25, -0.2) is 17.8 Å². The molecule has 1 aliphatic carbocycles. The highest BCUT2D eigenvalue weighted by molar-refractivity contribution is 7.91. The molecule has 11 heteroatoms. The quantitative estimate of drug-likeness (QED) is 0.361. The molecular formula is C27H31FN6O3S. The van der Waals surface area contributed by atoms with Crippen molar-refractivity contribution in [3.8, 4) is 17.0 Å². The third kappa shape index (κ3) is 4.87. The maximum Gasteiger partial charge on any atom is 0.165 e. The van der Waals surface area contributed by atoms with E-state index in [1.165, 1.54) is 6.07 Å². The van der Waals surface area contributed by atoms with Crippen LogP contribution in [0.25, 0.3) is 22.2 Å². The van der Waals surface area contributed by atoms with E-state index in [9.17, 15) is 12.8 Å². The summed E-state index contributed by atoms with van der Waals surface area (Å²) in [6, 6.07) is 8.59. The van der Waals surface area contributed by atoms with Crippen LogP contribution in [0.1, 0.15) is 51.1 Å². The van der Waals surface area contributed by atoms with Crippen molar-refractivity contribution in [2.75, 3.05) is 23.4 Å². The monoisotopic (exact) mass is 538 g/mol. The Kier molecular flexibility index (Phi) is 6.55. The van der Waals surface area contributed by atoms with Gasteiger partial charge in [0.1, 0.15) is 11.5 Å². The minimum Gasteiger partial charge on any atom is -0.487 e. The van der Waals surface area contributed by atoms with Gasteiger partial charge in [0.2, 0.25) is 0 Å². The summed E-state index contributed by atoms with van der Waals surface area (Å²) in [6.45, 7) is 2.79. The molecule has 9 nitrogen and oxygen atoms in total. The topological polar surface area (TPSA) is 104 Å². The number of pyridine rings is 1. The first-order valence-corrected chi connectivity index (χ1v) is 15.0. The molecule has 4 aromatic rings. The second kappa shape index (κ2) is 10.0. The van der Waals surface area contributed by atoms with Crippen molar-refractivity contribution < 1.29 is 17.5 Å². The molecule has 1 aliphatic heterocycles. The van der Waals surface area contributed by atoms with E-state index in [2.05, 4.69) is 20.1 Å². The normalized spacial score (nSPS) is 23.1. The molecule has 1 aromatic carbocycles. The minimum absolute atomic E-state index is 0.0376. The van der Waals surface area contributed by atoms with Gasteiger partial charge < -0.3 is 10.1 Å². The molecule has 0 spiro atoms. The van der Waals surface area contributed by atoms with Crippen molar-refractivity contribution in [1.29, 1.82) is 0 Å². The maximum absolute atomic E-state index is 14.1. The van der Waals surface area contributed by atoms with E-state index in [1.807, 2.05) is 25.4 Å². The fraction of sp³-hybridized carbons (Fsp3) is 0.444. The van der Waals surface area contributed by atoms with Crippen molar-refractivity contribution >= 4 is 26.6 Å². The first kappa shape index (κ1) is 24.8. The van der Waals surface area contributed by atoms with E-state index in [0.29, 0.717) is 12.2 Å². The zero-order chi connectivity index (χ0) is 26.3. The molecule has 2 fully saturated rings. The molecule has 4 heterocycles. The lowest BCUT2D eigenvalue weighted by molar-refractivity contribution is 0.126. The molecular weight excluding hydrogens is 507 g/mol. The van der Waals surface area contributed by atoms with Gasteiger partial charge in [0, 0.05) is 36.0 Å². The molecule has 1 atom stereocenters. The van der Waals surface area contributed by atoms with E-state index < -0.39 is 9.84 Å². The molecule has 6 rings (SSSR count). The van der Waals surface area contributed by atoms with Crippen LogP contribution in [0, 0.1) is 5.82 Å². The first-order valence-electron chi connectivity index (χ1n) is 13.2. The number of fused-ring (bicyclic) bond motifs is 1. The Morgan fingerprint density at radius 2 is 1.92 bits per heavy atom. The second-order valence-electron chi connectivity index (χ2n) is 10.2. The summed E-state index contributed by atoms with van der Waals surface area (Å²) in [7, 11) is -3.01. The Labute approximate surface area is 220 Å². The summed E-state index contributed by atoms with van der Waals surface area (Å²) in [5, 5.41) is 13.8. The Morgan fingerprint density at radius 3 is 2.66 bits per heavy atom. The van der Waals surface area contributed by atoms with Crippen LogP contribution in [-0.4, -0.2) is 57.1 Å². The molecule has 200 valence electrons. The summed E-state index contributed by atoms with van der Waals surface area (Å²) in [5.74, 6) is 1.07. The van der Waals surface area contributed by atoms with Gasteiger partial charge in [-0.05, 0) is 51.2 Å². The van der Waals surface area contributed by atoms with Crippen LogP contribution >= 0.6 is 0 Å². The summed E-state index contributed by atoms with van der Waals surface area (Å²) >= 11 is 0. The van der Waals surface area contributed by atoms with Crippen LogP contribution in [0.5, 0.6) is 5.75 Å². The van der Waals surface area contributed by atoms with Crippen molar-refractivity contribution in [1.82, 2.24) is 24.5 Å². The average molecular weight is 539 g/mol. The maximum atomic E-state index is 14.1. The smallest absolute Gasteiger partial charge is 0.165 e. The zero-order valence-electron chi connectivity index (χ0n) is 21.3. The van der Waals surface area contributed by atoms with Crippen LogP contribution in [0.15, 0.2) is 48.9 Å². The molecule has 3 aromatic heterocycles. The van der Waals surface area contributed by atoms with Crippen molar-refractivity contribution in [3.63, 3.8) is 0 Å². The van der Waals surface area contributed by atoms with E-state index in [4.69, 9.17) is 9.84 Å². The number of ether oxygens (including phenoxy) is 1. The summed E-state index contributed by atoms with van der Waals surface area (Å²) in [4.78, 5) is 4.59. The van der Waals surface area contributed by atoms with Gasteiger partial charge >= 0.3 is 0 Å².